The van der Waals surface area contributed by atoms with Gasteiger partial charge in [-0.3, -0.25) is 19.7 Å². The van der Waals surface area contributed by atoms with Crippen molar-refractivity contribution in [2.24, 2.45) is 5.92 Å². The van der Waals surface area contributed by atoms with Gasteiger partial charge in [0.1, 0.15) is 0 Å². The van der Waals surface area contributed by atoms with E-state index in [2.05, 4.69) is 12.2 Å². The molecule has 3 rings (SSSR count). The highest BCUT2D eigenvalue weighted by Crippen LogP contribution is 2.30. The third-order valence-electron chi connectivity index (χ3n) is 5.40. The Morgan fingerprint density at radius 2 is 1.78 bits per heavy atom. The van der Waals surface area contributed by atoms with Crippen molar-refractivity contribution >= 4 is 34.7 Å². The second-order valence-corrected chi connectivity index (χ2v) is 7.89. The lowest BCUT2D eigenvalue weighted by molar-refractivity contribution is -0.384. The second-order valence-electron chi connectivity index (χ2n) is 7.89. The van der Waals surface area contributed by atoms with E-state index in [1.807, 2.05) is 4.90 Å². The summed E-state index contributed by atoms with van der Waals surface area (Å²) < 4.78 is 5.22. The monoisotopic (exact) mass is 439 g/mol. The molecule has 1 aliphatic heterocycles. The van der Waals surface area contributed by atoms with Crippen LogP contribution >= 0.6 is 0 Å². The molecule has 0 bridgehead atoms. The first kappa shape index (κ1) is 22.9. The minimum atomic E-state index is -0.787. The van der Waals surface area contributed by atoms with Gasteiger partial charge in [0, 0.05) is 43.4 Å². The highest BCUT2D eigenvalue weighted by Gasteiger charge is 2.25. The number of nitrogens with zero attached hydrogens (tertiary/aromatic N) is 2. The molecule has 1 heterocycles. The van der Waals surface area contributed by atoms with E-state index in [0.29, 0.717) is 22.9 Å². The van der Waals surface area contributed by atoms with Crippen LogP contribution in [-0.2, 0) is 9.53 Å². The van der Waals surface area contributed by atoms with Crippen molar-refractivity contribution in [1.29, 1.82) is 0 Å². The third-order valence-corrected chi connectivity index (χ3v) is 5.40. The number of anilines is 2. The lowest BCUT2D eigenvalue weighted by Gasteiger charge is -2.33. The number of esters is 1. The molecule has 32 heavy (non-hydrogen) atoms. The van der Waals surface area contributed by atoms with Gasteiger partial charge in [-0.25, -0.2) is 4.79 Å². The number of hydrogen-bond donors (Lipinski definition) is 1. The Hall–Kier alpha value is -3.75. The summed E-state index contributed by atoms with van der Waals surface area (Å²) in [5.41, 5.74) is 1.28. The highest BCUT2D eigenvalue weighted by molar-refractivity contribution is 6.01. The average molecular weight is 439 g/mol. The summed E-state index contributed by atoms with van der Waals surface area (Å²) in [6, 6.07) is 10.3. The van der Waals surface area contributed by atoms with Crippen LogP contribution in [0.5, 0.6) is 0 Å². The number of Topliss-reactive ketones (excluding diaryl/α,β-unsaturated/α-hetero) is 1. The fourth-order valence-corrected chi connectivity index (χ4v) is 3.56. The van der Waals surface area contributed by atoms with Crippen LogP contribution < -0.4 is 10.2 Å². The average Bonchev–Trinajstić information content (AvgIpc) is 2.77. The van der Waals surface area contributed by atoms with Crippen LogP contribution in [-0.4, -0.2) is 42.3 Å². The number of benzene rings is 2. The zero-order valence-electron chi connectivity index (χ0n) is 18.0. The number of non-ortho nitro benzene ring substituents is 1. The van der Waals surface area contributed by atoms with Crippen molar-refractivity contribution in [3.63, 3.8) is 0 Å². The standard InChI is InChI=1S/C23H25N3O6/c1-15-9-11-25(12-10-15)21-8-7-19(26(30)31)13-20(21)23(29)32-14-22(28)17-3-5-18(6-4-17)24-16(2)27/h3-8,13,15H,9-12,14H2,1-2H3,(H,24,27). The van der Waals surface area contributed by atoms with Crippen molar-refractivity contribution in [2.75, 3.05) is 29.9 Å². The summed E-state index contributed by atoms with van der Waals surface area (Å²) in [6.45, 7) is 4.51. The van der Waals surface area contributed by atoms with Crippen LogP contribution in [0.25, 0.3) is 0 Å². The molecule has 0 atom stereocenters. The molecule has 2 aromatic rings. The molecule has 1 amide bonds. The maximum Gasteiger partial charge on any atom is 0.340 e. The third kappa shape index (κ3) is 5.69. The van der Waals surface area contributed by atoms with Gasteiger partial charge in [-0.05, 0) is 49.1 Å². The smallest absolute Gasteiger partial charge is 0.340 e. The molecule has 1 fully saturated rings. The van der Waals surface area contributed by atoms with E-state index in [4.69, 9.17) is 4.74 Å². The lowest BCUT2D eigenvalue weighted by Crippen LogP contribution is -2.34. The molecule has 1 aliphatic rings. The van der Waals surface area contributed by atoms with Gasteiger partial charge in [-0.2, -0.15) is 0 Å². The van der Waals surface area contributed by atoms with Crippen LogP contribution in [0, 0.1) is 16.0 Å². The summed E-state index contributed by atoms with van der Waals surface area (Å²) in [4.78, 5) is 49.0. The van der Waals surface area contributed by atoms with Crippen molar-refractivity contribution < 1.29 is 24.0 Å². The Bertz CT molecular complexity index is 1030. The normalized spacial score (nSPS) is 14.0. The Balaban J connectivity index is 1.73. The SMILES string of the molecule is CC(=O)Nc1ccc(C(=O)COC(=O)c2cc([N+](=O)[O-])ccc2N2CCC(C)CC2)cc1. The van der Waals surface area contributed by atoms with E-state index in [1.54, 1.807) is 18.2 Å². The predicted molar refractivity (Wildman–Crippen MR) is 119 cm³/mol. The summed E-state index contributed by atoms with van der Waals surface area (Å²) >= 11 is 0. The summed E-state index contributed by atoms with van der Waals surface area (Å²) in [5, 5.41) is 13.8. The van der Waals surface area contributed by atoms with Gasteiger partial charge in [0.05, 0.1) is 16.2 Å². The van der Waals surface area contributed by atoms with Crippen LogP contribution in [0.4, 0.5) is 17.1 Å². The summed E-state index contributed by atoms with van der Waals surface area (Å²) in [7, 11) is 0. The van der Waals surface area contributed by atoms with Gasteiger partial charge in [0.15, 0.2) is 12.4 Å². The minimum Gasteiger partial charge on any atom is -0.454 e. The van der Waals surface area contributed by atoms with Gasteiger partial charge >= 0.3 is 5.97 Å². The number of hydrogen-bond acceptors (Lipinski definition) is 7. The Morgan fingerprint density at radius 3 is 2.38 bits per heavy atom. The van der Waals surface area contributed by atoms with E-state index in [0.717, 1.165) is 25.9 Å². The van der Waals surface area contributed by atoms with Crippen molar-refractivity contribution in [1.82, 2.24) is 0 Å². The molecule has 9 heteroatoms. The number of ketones is 1. The zero-order valence-corrected chi connectivity index (χ0v) is 18.0. The molecule has 0 aliphatic carbocycles. The fourth-order valence-electron chi connectivity index (χ4n) is 3.56. The highest BCUT2D eigenvalue weighted by atomic mass is 16.6. The fraction of sp³-hybridized carbons (Fsp3) is 0.348. The minimum absolute atomic E-state index is 0.0718. The number of nitro benzene ring substituents is 1. The molecule has 9 nitrogen and oxygen atoms in total. The maximum atomic E-state index is 12.8. The number of nitrogens with one attached hydrogen (secondary N) is 1. The Morgan fingerprint density at radius 1 is 1.12 bits per heavy atom. The molecule has 1 saturated heterocycles. The second kappa shape index (κ2) is 10.0. The summed E-state index contributed by atoms with van der Waals surface area (Å²) in [6.07, 6.45) is 1.91. The van der Waals surface area contributed by atoms with Gasteiger partial charge in [0.2, 0.25) is 5.91 Å². The van der Waals surface area contributed by atoms with Crippen molar-refractivity contribution in [2.45, 2.75) is 26.7 Å². The van der Waals surface area contributed by atoms with E-state index in [-0.39, 0.29) is 17.2 Å². The number of piperidine rings is 1. The van der Waals surface area contributed by atoms with Gasteiger partial charge in [-0.1, -0.05) is 6.92 Å². The molecule has 0 aromatic heterocycles. The first-order valence-electron chi connectivity index (χ1n) is 10.4. The Kier molecular flexibility index (Phi) is 7.19. The number of carbonyl (C=O) groups excluding carboxylic acids is 3. The van der Waals surface area contributed by atoms with E-state index in [1.165, 1.54) is 31.2 Å². The molecule has 0 unspecified atom stereocenters. The van der Waals surface area contributed by atoms with Crippen molar-refractivity contribution in [3.8, 4) is 0 Å². The van der Waals surface area contributed by atoms with Gasteiger partial charge in [0.25, 0.3) is 5.69 Å². The molecule has 2 aromatic carbocycles. The number of rotatable bonds is 7. The van der Waals surface area contributed by atoms with Crippen LogP contribution in [0.15, 0.2) is 42.5 Å². The zero-order chi connectivity index (χ0) is 23.3. The van der Waals surface area contributed by atoms with E-state index >= 15 is 0 Å². The molecule has 0 radical (unpaired) electrons. The number of nitro groups is 1. The number of carbonyl (C=O) groups is 3. The quantitative estimate of drug-likeness (QED) is 0.301. The Labute approximate surface area is 185 Å². The summed E-state index contributed by atoms with van der Waals surface area (Å²) in [5.74, 6) is -0.861. The predicted octanol–water partition coefficient (Wildman–Crippen LogP) is 3.83. The molecular weight excluding hydrogens is 414 g/mol. The van der Waals surface area contributed by atoms with Crippen LogP contribution in [0.1, 0.15) is 47.4 Å². The molecule has 0 spiro atoms. The van der Waals surface area contributed by atoms with Crippen LogP contribution in [0.3, 0.4) is 0 Å². The maximum absolute atomic E-state index is 12.8. The van der Waals surface area contributed by atoms with Crippen LogP contribution in [0.2, 0.25) is 0 Å². The largest absolute Gasteiger partial charge is 0.454 e. The topological polar surface area (TPSA) is 119 Å². The van der Waals surface area contributed by atoms with Gasteiger partial charge < -0.3 is 15.0 Å². The molecular formula is C23H25N3O6. The first-order valence-corrected chi connectivity index (χ1v) is 10.4. The molecule has 168 valence electrons. The number of ether oxygens (including phenoxy) is 1. The lowest BCUT2D eigenvalue weighted by atomic mass is 9.98. The molecule has 1 N–H and O–H groups in total. The molecule has 0 saturated carbocycles. The van der Waals surface area contributed by atoms with E-state index < -0.39 is 23.3 Å². The first-order chi connectivity index (χ1) is 15.2. The van der Waals surface area contributed by atoms with Crippen molar-refractivity contribution in [3.05, 3.63) is 63.7 Å². The number of amides is 1. The van der Waals surface area contributed by atoms with E-state index in [9.17, 15) is 24.5 Å². The van der Waals surface area contributed by atoms with Gasteiger partial charge in [-0.15, -0.1) is 0 Å².